The Hall–Kier alpha value is -4.38. The van der Waals surface area contributed by atoms with Crippen LogP contribution in [0.3, 0.4) is 0 Å². The van der Waals surface area contributed by atoms with Gasteiger partial charge in [0.25, 0.3) is 0 Å². The van der Waals surface area contributed by atoms with Gasteiger partial charge in [0.1, 0.15) is 17.1 Å². The Morgan fingerprint density at radius 1 is 1.07 bits per heavy atom. The van der Waals surface area contributed by atoms with Gasteiger partial charge in [0.05, 0.1) is 42.0 Å². The van der Waals surface area contributed by atoms with Crippen LogP contribution < -0.4 is 4.90 Å². The first kappa shape index (κ1) is 30.6. The molecule has 0 saturated carbocycles. The molecule has 2 saturated heterocycles. The van der Waals surface area contributed by atoms with Crippen LogP contribution in [-0.2, 0) is 23.8 Å². The molecule has 0 aliphatic carbocycles. The van der Waals surface area contributed by atoms with Crippen LogP contribution in [0.15, 0.2) is 55.0 Å². The summed E-state index contributed by atoms with van der Waals surface area (Å²) in [6.45, 7) is 7.24. The fourth-order valence-corrected chi connectivity index (χ4v) is 6.25. The highest BCUT2D eigenvalue weighted by molar-refractivity contribution is 5.94. The fraction of sp³-hybridized carbons (Fsp3) is 0.471. The number of esters is 2. The molecule has 1 unspecified atom stereocenters. The summed E-state index contributed by atoms with van der Waals surface area (Å²) < 4.78 is 18.8. The molecule has 0 amide bonds. The SMILES string of the molecule is COC(=O)C1(CC(=O)OC(C)(C)C)CCN(c2cccc(-c3nn(C4CCCCO4)c4cnc(-c5cccnc5)cc34)n2)CC1. The minimum Gasteiger partial charge on any atom is -0.469 e. The van der Waals surface area contributed by atoms with Crippen LogP contribution in [0, 0.1) is 5.41 Å². The van der Waals surface area contributed by atoms with Crippen molar-refractivity contribution in [3.63, 3.8) is 0 Å². The number of nitrogens with zero attached hydrogens (tertiary/aromatic N) is 6. The maximum Gasteiger partial charge on any atom is 0.312 e. The number of methoxy groups -OCH3 is 1. The molecule has 2 fully saturated rings. The Morgan fingerprint density at radius 3 is 2.58 bits per heavy atom. The first-order chi connectivity index (χ1) is 21.7. The monoisotopic (exact) mass is 612 g/mol. The second kappa shape index (κ2) is 12.5. The lowest BCUT2D eigenvalue weighted by atomic mass is 9.75. The fourth-order valence-electron chi connectivity index (χ4n) is 6.25. The smallest absolute Gasteiger partial charge is 0.312 e. The molecule has 0 bridgehead atoms. The number of carbonyl (C=O) groups is 2. The van der Waals surface area contributed by atoms with Gasteiger partial charge in [-0.25, -0.2) is 9.67 Å². The van der Waals surface area contributed by atoms with Crippen LogP contribution >= 0.6 is 0 Å². The van der Waals surface area contributed by atoms with Gasteiger partial charge < -0.3 is 19.1 Å². The summed E-state index contributed by atoms with van der Waals surface area (Å²) in [6, 6.07) is 11.8. The molecule has 6 heterocycles. The molecule has 4 aromatic heterocycles. The van der Waals surface area contributed by atoms with E-state index in [0.717, 1.165) is 58.6 Å². The van der Waals surface area contributed by atoms with Crippen LogP contribution in [-0.4, -0.2) is 69.1 Å². The van der Waals surface area contributed by atoms with Crippen molar-refractivity contribution in [2.24, 2.45) is 5.41 Å². The summed E-state index contributed by atoms with van der Waals surface area (Å²) in [6.07, 6.45) is 9.12. The molecular formula is C34H40N6O5. The van der Waals surface area contributed by atoms with Gasteiger partial charge in [0.2, 0.25) is 0 Å². The number of pyridine rings is 3. The first-order valence-electron chi connectivity index (χ1n) is 15.6. The second-order valence-corrected chi connectivity index (χ2v) is 12.8. The van der Waals surface area contributed by atoms with Crippen molar-refractivity contribution < 1.29 is 23.8 Å². The van der Waals surface area contributed by atoms with Gasteiger partial charge in [-0.2, -0.15) is 5.10 Å². The number of aromatic nitrogens is 5. The Labute approximate surface area is 262 Å². The van der Waals surface area contributed by atoms with Crippen molar-refractivity contribution in [2.45, 2.75) is 71.1 Å². The van der Waals surface area contributed by atoms with E-state index in [9.17, 15) is 9.59 Å². The number of piperidine rings is 1. The summed E-state index contributed by atoms with van der Waals surface area (Å²) >= 11 is 0. The number of hydrogen-bond donors (Lipinski definition) is 0. The van der Waals surface area contributed by atoms with Crippen LogP contribution in [0.2, 0.25) is 0 Å². The maximum atomic E-state index is 13.0. The van der Waals surface area contributed by atoms with E-state index in [1.54, 1.807) is 12.4 Å². The van der Waals surface area contributed by atoms with Gasteiger partial charge >= 0.3 is 11.9 Å². The van der Waals surface area contributed by atoms with E-state index in [4.69, 9.17) is 29.3 Å². The van der Waals surface area contributed by atoms with Gasteiger partial charge in [0, 0.05) is 43.0 Å². The number of anilines is 1. The summed E-state index contributed by atoms with van der Waals surface area (Å²) in [5, 5.41) is 6.00. The van der Waals surface area contributed by atoms with E-state index in [2.05, 4.69) is 9.88 Å². The molecule has 1 atom stereocenters. The average Bonchev–Trinajstić information content (AvgIpc) is 3.44. The van der Waals surface area contributed by atoms with E-state index in [1.807, 2.05) is 68.0 Å². The summed E-state index contributed by atoms with van der Waals surface area (Å²) in [5.41, 5.74) is 2.53. The summed E-state index contributed by atoms with van der Waals surface area (Å²) in [7, 11) is 1.37. The van der Waals surface area contributed by atoms with Crippen molar-refractivity contribution in [1.82, 2.24) is 24.7 Å². The quantitative estimate of drug-likeness (QED) is 0.239. The zero-order valence-corrected chi connectivity index (χ0v) is 26.4. The van der Waals surface area contributed by atoms with Crippen LogP contribution in [0.5, 0.6) is 0 Å². The number of ether oxygens (including phenoxy) is 3. The first-order valence-corrected chi connectivity index (χ1v) is 15.6. The van der Waals surface area contributed by atoms with Crippen LogP contribution in [0.4, 0.5) is 5.82 Å². The molecule has 0 aromatic carbocycles. The van der Waals surface area contributed by atoms with Crippen molar-refractivity contribution in [1.29, 1.82) is 0 Å². The number of fused-ring (bicyclic) bond motifs is 1. The second-order valence-electron chi connectivity index (χ2n) is 12.8. The number of rotatable bonds is 7. The maximum absolute atomic E-state index is 13.0. The molecule has 45 heavy (non-hydrogen) atoms. The highest BCUT2D eigenvalue weighted by Crippen LogP contribution is 2.39. The van der Waals surface area contributed by atoms with E-state index in [0.29, 0.717) is 32.5 Å². The molecule has 4 aromatic rings. The van der Waals surface area contributed by atoms with Gasteiger partial charge in [-0.1, -0.05) is 6.07 Å². The lowest BCUT2D eigenvalue weighted by Crippen LogP contribution is -2.47. The molecule has 2 aliphatic rings. The highest BCUT2D eigenvalue weighted by atomic mass is 16.6. The van der Waals surface area contributed by atoms with Crippen molar-refractivity contribution in [2.75, 3.05) is 31.7 Å². The number of hydrogen-bond acceptors (Lipinski definition) is 10. The van der Waals surface area contributed by atoms with E-state index in [1.165, 1.54) is 7.11 Å². The third kappa shape index (κ3) is 6.54. The van der Waals surface area contributed by atoms with Gasteiger partial charge in [0.15, 0.2) is 6.23 Å². The predicted molar refractivity (Wildman–Crippen MR) is 169 cm³/mol. The Kier molecular flexibility index (Phi) is 8.54. The van der Waals surface area contributed by atoms with Gasteiger partial charge in [-0.15, -0.1) is 0 Å². The molecule has 236 valence electrons. The molecule has 6 rings (SSSR count). The molecule has 0 radical (unpaired) electrons. The summed E-state index contributed by atoms with van der Waals surface area (Å²) in [5.74, 6) is 0.00195. The minimum atomic E-state index is -0.935. The zero-order valence-electron chi connectivity index (χ0n) is 26.4. The van der Waals surface area contributed by atoms with Gasteiger partial charge in [-0.05, 0) is 83.2 Å². The average molecular weight is 613 g/mol. The largest absolute Gasteiger partial charge is 0.469 e. The highest BCUT2D eigenvalue weighted by Gasteiger charge is 2.45. The molecule has 11 nitrogen and oxygen atoms in total. The topological polar surface area (TPSA) is 122 Å². The van der Waals surface area contributed by atoms with E-state index in [-0.39, 0.29) is 18.6 Å². The van der Waals surface area contributed by atoms with Crippen LogP contribution in [0.25, 0.3) is 33.5 Å². The molecule has 0 spiro atoms. The van der Waals surface area contributed by atoms with E-state index < -0.39 is 17.0 Å². The third-order valence-electron chi connectivity index (χ3n) is 8.52. The Morgan fingerprint density at radius 2 is 1.89 bits per heavy atom. The lowest BCUT2D eigenvalue weighted by Gasteiger charge is -2.40. The lowest BCUT2D eigenvalue weighted by molar-refractivity contribution is -0.167. The molecule has 11 heteroatoms. The standard InChI is InChI=1S/C34H40N6O5/c1-33(2,3)45-30(41)20-34(32(42)43-4)13-16-39(17-14-34)28-11-7-10-25(37-28)31-24-19-26(23-9-8-15-35-21-23)36-22-27(24)40(38-31)29-12-5-6-18-44-29/h7-11,15,19,21-22,29H,5-6,12-14,16-18,20H2,1-4H3. The van der Waals surface area contributed by atoms with Crippen LogP contribution in [0.1, 0.15) is 65.5 Å². The van der Waals surface area contributed by atoms with Crippen molar-refractivity contribution in [3.05, 3.63) is 55.0 Å². The minimum absolute atomic E-state index is 0.0157. The van der Waals surface area contributed by atoms with Gasteiger partial charge in [-0.3, -0.25) is 19.6 Å². The Bertz CT molecular complexity index is 1670. The van der Waals surface area contributed by atoms with Crippen molar-refractivity contribution in [3.8, 4) is 22.6 Å². The zero-order chi connectivity index (χ0) is 31.6. The summed E-state index contributed by atoms with van der Waals surface area (Å²) in [4.78, 5) is 42.0. The molecular weight excluding hydrogens is 572 g/mol. The number of carbonyl (C=O) groups excluding carboxylic acids is 2. The van der Waals surface area contributed by atoms with Crippen molar-refractivity contribution >= 4 is 28.7 Å². The third-order valence-corrected chi connectivity index (χ3v) is 8.52. The Balaban J connectivity index is 1.30. The normalized spacial score (nSPS) is 18.5. The predicted octanol–water partition coefficient (Wildman–Crippen LogP) is 5.75. The molecule has 2 aliphatic heterocycles. The van der Waals surface area contributed by atoms with E-state index >= 15 is 0 Å². The molecule has 0 N–H and O–H groups in total.